The van der Waals surface area contributed by atoms with Crippen molar-refractivity contribution in [3.8, 4) is 0 Å². The zero-order chi connectivity index (χ0) is 33.4. The molecule has 4 heteroatoms. The number of aliphatic hydroxyl groups is 2. The minimum absolute atomic E-state index is 0.108. The van der Waals surface area contributed by atoms with Crippen LogP contribution in [-0.2, 0) is 9.59 Å². The molecule has 0 fully saturated rings. The Labute approximate surface area is 268 Å². The van der Waals surface area contributed by atoms with Gasteiger partial charge in [0.05, 0.1) is 5.41 Å². The summed E-state index contributed by atoms with van der Waals surface area (Å²) < 4.78 is 0. The van der Waals surface area contributed by atoms with E-state index in [4.69, 9.17) is 0 Å². The van der Waals surface area contributed by atoms with Crippen molar-refractivity contribution in [3.05, 3.63) is 92.6 Å². The van der Waals surface area contributed by atoms with E-state index in [1.54, 1.807) is 0 Å². The number of aliphatic hydroxyl groups excluding tert-OH is 2. The van der Waals surface area contributed by atoms with Crippen molar-refractivity contribution in [3.63, 3.8) is 0 Å². The highest BCUT2D eigenvalue weighted by atomic mass is 16.3. The van der Waals surface area contributed by atoms with Gasteiger partial charge in [0.15, 0.2) is 11.6 Å². The van der Waals surface area contributed by atoms with E-state index in [9.17, 15) is 19.8 Å². The van der Waals surface area contributed by atoms with Crippen LogP contribution in [-0.4, -0.2) is 21.8 Å². The number of carbonyl (C=O) groups excluding carboxylic acids is 2. The van der Waals surface area contributed by atoms with E-state index in [-0.39, 0.29) is 54.1 Å². The van der Waals surface area contributed by atoms with Crippen molar-refractivity contribution in [1.82, 2.24) is 0 Å². The summed E-state index contributed by atoms with van der Waals surface area (Å²) in [5.41, 5.74) is 5.97. The number of hydrogen-bond donors (Lipinski definition) is 2. The number of allylic oxidation sites excluding steroid dienone is 15. The van der Waals surface area contributed by atoms with Crippen LogP contribution in [0.4, 0.5) is 0 Å². The van der Waals surface area contributed by atoms with Crippen molar-refractivity contribution in [2.24, 2.45) is 5.41 Å². The van der Waals surface area contributed by atoms with Crippen LogP contribution in [0.5, 0.6) is 0 Å². The fraction of sp³-hybridized carbons (Fsp3) is 0.550. The van der Waals surface area contributed by atoms with Crippen LogP contribution in [0, 0.1) is 5.41 Å². The normalized spacial score (nSPS) is 15.9. The molecule has 0 spiro atoms. The smallest absolute Gasteiger partial charge is 0.184 e. The van der Waals surface area contributed by atoms with Gasteiger partial charge in [-0.2, -0.15) is 0 Å². The Morgan fingerprint density at radius 3 is 1.43 bits per heavy atom. The van der Waals surface area contributed by atoms with Crippen LogP contribution in [0.3, 0.4) is 0 Å². The number of rotatable bonds is 18. The fourth-order valence-electron chi connectivity index (χ4n) is 5.32. The SMILES string of the molecule is CCCC(=O)C1=C(O)C(C/C=C(\C)CCC=C(C)C)=C(O)C(C/C=C(\C)CCC=C(C)C)(C/C=C(\C)CCC=C(C)C)C1=O. The van der Waals surface area contributed by atoms with E-state index in [2.05, 4.69) is 73.6 Å². The van der Waals surface area contributed by atoms with E-state index >= 15 is 0 Å². The van der Waals surface area contributed by atoms with E-state index < -0.39 is 11.2 Å². The van der Waals surface area contributed by atoms with E-state index in [0.29, 0.717) is 6.42 Å². The Balaban J connectivity index is 3.75. The second-order valence-corrected chi connectivity index (χ2v) is 13.4. The summed E-state index contributed by atoms with van der Waals surface area (Å²) in [7, 11) is 0. The number of hydrogen-bond acceptors (Lipinski definition) is 4. The Kier molecular flexibility index (Phi) is 17.0. The maximum Gasteiger partial charge on any atom is 0.184 e. The van der Waals surface area contributed by atoms with Crippen molar-refractivity contribution < 1.29 is 19.8 Å². The molecule has 0 aromatic carbocycles. The third kappa shape index (κ3) is 12.5. The van der Waals surface area contributed by atoms with Gasteiger partial charge in [0, 0.05) is 12.0 Å². The van der Waals surface area contributed by atoms with Gasteiger partial charge in [-0.25, -0.2) is 0 Å². The molecule has 2 N–H and O–H groups in total. The molecule has 4 nitrogen and oxygen atoms in total. The van der Waals surface area contributed by atoms with Gasteiger partial charge in [-0.05, 0) is 127 Å². The summed E-state index contributed by atoms with van der Waals surface area (Å²) in [6.45, 7) is 20.5. The molecule has 0 bridgehead atoms. The van der Waals surface area contributed by atoms with Crippen LogP contribution in [0.25, 0.3) is 0 Å². The van der Waals surface area contributed by atoms with Crippen molar-refractivity contribution >= 4 is 11.6 Å². The first kappa shape index (κ1) is 38.9. The Morgan fingerprint density at radius 1 is 0.636 bits per heavy atom. The van der Waals surface area contributed by atoms with Crippen LogP contribution < -0.4 is 0 Å². The fourth-order valence-corrected chi connectivity index (χ4v) is 5.32. The van der Waals surface area contributed by atoms with Gasteiger partial charge in [-0.1, -0.05) is 76.8 Å². The first-order chi connectivity index (χ1) is 20.7. The Hall–Kier alpha value is -3.14. The molecule has 0 aromatic rings. The first-order valence-electron chi connectivity index (χ1n) is 16.5. The molecule has 1 aliphatic rings. The Morgan fingerprint density at radius 2 is 1.05 bits per heavy atom. The summed E-state index contributed by atoms with van der Waals surface area (Å²) in [4.78, 5) is 27.8. The monoisotopic (exact) mass is 604 g/mol. The second kappa shape index (κ2) is 19.3. The van der Waals surface area contributed by atoms with Gasteiger partial charge < -0.3 is 10.2 Å². The van der Waals surface area contributed by atoms with E-state index in [1.807, 2.05) is 32.1 Å². The number of carbonyl (C=O) groups is 2. The standard InChI is InChI=1S/C40H60O4/c1-11-15-35(41)36-37(42)34(23-22-31(8)19-12-16-28(2)3)38(43)40(39(36)44,26-24-32(9)20-13-17-29(4)5)27-25-33(10)21-14-18-30(6)7/h16-18,22,24-25,42-43H,11-15,19-21,23,26-27H2,1-10H3/b31-22+,32-24+,33-25+. The Bertz CT molecular complexity index is 1220. The van der Waals surface area contributed by atoms with Crippen molar-refractivity contribution in [2.75, 3.05) is 0 Å². The zero-order valence-electron chi connectivity index (χ0n) is 29.5. The lowest BCUT2D eigenvalue weighted by atomic mass is 9.66. The van der Waals surface area contributed by atoms with Gasteiger partial charge in [0.1, 0.15) is 17.1 Å². The van der Waals surface area contributed by atoms with E-state index in [1.165, 1.54) is 16.7 Å². The third-order valence-electron chi connectivity index (χ3n) is 8.21. The topological polar surface area (TPSA) is 74.6 Å². The molecule has 0 heterocycles. The molecular weight excluding hydrogens is 544 g/mol. The highest BCUT2D eigenvalue weighted by molar-refractivity contribution is 6.24. The minimum Gasteiger partial charge on any atom is -0.511 e. The maximum atomic E-state index is 14.4. The predicted octanol–water partition coefficient (Wildman–Crippen LogP) is 11.8. The molecule has 0 saturated carbocycles. The maximum absolute atomic E-state index is 14.4. The van der Waals surface area contributed by atoms with Crippen LogP contribution in [0.2, 0.25) is 0 Å². The van der Waals surface area contributed by atoms with Gasteiger partial charge in [0.25, 0.3) is 0 Å². The summed E-state index contributed by atoms with van der Waals surface area (Å²) in [5, 5.41) is 23.4. The molecule has 0 saturated heterocycles. The lowest BCUT2D eigenvalue weighted by molar-refractivity contribution is -0.128. The van der Waals surface area contributed by atoms with Gasteiger partial charge in [-0.3, -0.25) is 9.59 Å². The van der Waals surface area contributed by atoms with Gasteiger partial charge >= 0.3 is 0 Å². The molecule has 0 unspecified atom stereocenters. The van der Waals surface area contributed by atoms with E-state index in [0.717, 1.165) is 55.2 Å². The zero-order valence-corrected chi connectivity index (χ0v) is 29.5. The summed E-state index contributed by atoms with van der Waals surface area (Å²) in [6, 6.07) is 0. The molecule has 1 rings (SSSR count). The third-order valence-corrected chi connectivity index (χ3v) is 8.21. The van der Waals surface area contributed by atoms with Crippen LogP contribution in [0.1, 0.15) is 140 Å². The first-order valence-corrected chi connectivity index (χ1v) is 16.5. The molecule has 0 amide bonds. The summed E-state index contributed by atoms with van der Waals surface area (Å²) >= 11 is 0. The molecule has 0 aliphatic heterocycles. The number of Topliss-reactive ketones (excluding diaryl/α,β-unsaturated/α-hetero) is 2. The van der Waals surface area contributed by atoms with Gasteiger partial charge in [0.2, 0.25) is 0 Å². The lowest BCUT2D eigenvalue weighted by Gasteiger charge is -2.36. The molecule has 1 aliphatic carbocycles. The average molecular weight is 605 g/mol. The largest absolute Gasteiger partial charge is 0.511 e. The highest BCUT2D eigenvalue weighted by Crippen LogP contribution is 2.47. The summed E-state index contributed by atoms with van der Waals surface area (Å²) in [6.07, 6.45) is 19.5. The van der Waals surface area contributed by atoms with Crippen LogP contribution in [0.15, 0.2) is 92.6 Å². The average Bonchev–Trinajstić information content (AvgIpc) is 2.92. The van der Waals surface area contributed by atoms with Gasteiger partial charge in [-0.15, -0.1) is 0 Å². The lowest BCUT2D eigenvalue weighted by Crippen LogP contribution is -2.40. The van der Waals surface area contributed by atoms with Crippen molar-refractivity contribution in [1.29, 1.82) is 0 Å². The number of ketones is 2. The molecule has 0 aromatic heterocycles. The summed E-state index contributed by atoms with van der Waals surface area (Å²) in [5.74, 6) is -1.30. The molecular formula is C40H60O4. The quantitative estimate of drug-likeness (QED) is 0.121. The molecule has 0 radical (unpaired) electrons. The molecule has 244 valence electrons. The minimum atomic E-state index is -1.35. The predicted molar refractivity (Wildman–Crippen MR) is 188 cm³/mol. The van der Waals surface area contributed by atoms with Crippen LogP contribution >= 0.6 is 0 Å². The molecule has 44 heavy (non-hydrogen) atoms. The highest BCUT2D eigenvalue weighted by Gasteiger charge is 2.49. The second-order valence-electron chi connectivity index (χ2n) is 13.4. The molecule has 0 atom stereocenters. The van der Waals surface area contributed by atoms with Crippen molar-refractivity contribution in [2.45, 2.75) is 140 Å².